The summed E-state index contributed by atoms with van der Waals surface area (Å²) in [6.07, 6.45) is 0. The predicted molar refractivity (Wildman–Crippen MR) is 78.7 cm³/mol. The Morgan fingerprint density at radius 3 is 2.76 bits per heavy atom. The predicted octanol–water partition coefficient (Wildman–Crippen LogP) is 3.01. The summed E-state index contributed by atoms with van der Waals surface area (Å²) < 4.78 is 15.4. The summed E-state index contributed by atoms with van der Waals surface area (Å²) in [5.41, 5.74) is 8.32. The summed E-state index contributed by atoms with van der Waals surface area (Å²) in [5.74, 6) is -0.226. The van der Waals surface area contributed by atoms with Crippen LogP contribution in [0.25, 0.3) is 17.1 Å². The average molecular weight is 304 g/mol. The van der Waals surface area contributed by atoms with Crippen LogP contribution in [0.5, 0.6) is 0 Å². The molecule has 5 nitrogen and oxygen atoms in total. The lowest BCUT2D eigenvalue weighted by Gasteiger charge is -2.09. The third-order valence-corrected chi connectivity index (χ3v) is 3.49. The molecule has 1 heterocycles. The van der Waals surface area contributed by atoms with Gasteiger partial charge in [-0.25, -0.2) is 4.39 Å². The van der Waals surface area contributed by atoms with Gasteiger partial charge in [-0.05, 0) is 41.1 Å². The topological polar surface area (TPSA) is 69.6 Å². The SMILES string of the molecule is Cc1cccc(-c2nnnn2-c2cccc(Cl)c2F)c1N. The van der Waals surface area contributed by atoms with Crippen molar-refractivity contribution in [2.45, 2.75) is 6.92 Å². The molecule has 0 saturated heterocycles. The number of benzene rings is 2. The van der Waals surface area contributed by atoms with Gasteiger partial charge in [0.2, 0.25) is 0 Å². The van der Waals surface area contributed by atoms with E-state index in [0.29, 0.717) is 17.1 Å². The first-order valence-electron chi connectivity index (χ1n) is 6.18. The molecule has 1 aromatic heterocycles. The van der Waals surface area contributed by atoms with Crippen LogP contribution in [-0.2, 0) is 0 Å². The van der Waals surface area contributed by atoms with Crippen molar-refractivity contribution >= 4 is 17.3 Å². The van der Waals surface area contributed by atoms with Gasteiger partial charge in [0.25, 0.3) is 0 Å². The van der Waals surface area contributed by atoms with Gasteiger partial charge in [0.05, 0.1) is 5.02 Å². The molecule has 0 aliphatic rings. The smallest absolute Gasteiger partial charge is 0.189 e. The van der Waals surface area contributed by atoms with E-state index in [9.17, 15) is 4.39 Å². The summed E-state index contributed by atoms with van der Waals surface area (Å²) >= 11 is 5.80. The molecule has 2 N–H and O–H groups in total. The lowest BCUT2D eigenvalue weighted by molar-refractivity contribution is 0.608. The molecule has 0 atom stereocenters. The van der Waals surface area contributed by atoms with Crippen molar-refractivity contribution in [2.24, 2.45) is 0 Å². The van der Waals surface area contributed by atoms with E-state index in [1.807, 2.05) is 19.1 Å². The number of hydrogen-bond donors (Lipinski definition) is 1. The molecule has 0 unspecified atom stereocenters. The van der Waals surface area contributed by atoms with Crippen molar-refractivity contribution in [3.8, 4) is 17.1 Å². The molecule has 0 spiro atoms. The van der Waals surface area contributed by atoms with Crippen LogP contribution >= 0.6 is 11.6 Å². The van der Waals surface area contributed by atoms with Crippen molar-refractivity contribution < 1.29 is 4.39 Å². The van der Waals surface area contributed by atoms with Crippen LogP contribution in [0.4, 0.5) is 10.1 Å². The van der Waals surface area contributed by atoms with E-state index in [4.69, 9.17) is 17.3 Å². The van der Waals surface area contributed by atoms with Gasteiger partial charge in [-0.3, -0.25) is 0 Å². The minimum Gasteiger partial charge on any atom is -0.398 e. The van der Waals surface area contributed by atoms with Crippen LogP contribution in [0.15, 0.2) is 36.4 Å². The van der Waals surface area contributed by atoms with Gasteiger partial charge in [0.15, 0.2) is 11.6 Å². The number of nitrogens with zero attached hydrogens (tertiary/aromatic N) is 4. The van der Waals surface area contributed by atoms with E-state index in [1.165, 1.54) is 10.7 Å². The highest BCUT2D eigenvalue weighted by Crippen LogP contribution is 2.29. The quantitative estimate of drug-likeness (QED) is 0.739. The number of rotatable bonds is 2. The van der Waals surface area contributed by atoms with Gasteiger partial charge in [-0.1, -0.05) is 29.8 Å². The summed E-state index contributed by atoms with van der Waals surface area (Å²) in [7, 11) is 0. The van der Waals surface area contributed by atoms with Gasteiger partial charge < -0.3 is 5.73 Å². The second kappa shape index (κ2) is 5.14. The number of nitrogen functional groups attached to an aromatic ring is 1. The number of anilines is 1. The van der Waals surface area contributed by atoms with Gasteiger partial charge in [-0.15, -0.1) is 5.10 Å². The van der Waals surface area contributed by atoms with Gasteiger partial charge in [0.1, 0.15) is 5.69 Å². The molecule has 2 aromatic carbocycles. The number of halogens is 2. The molecule has 3 rings (SSSR count). The maximum Gasteiger partial charge on any atom is 0.189 e. The molecule has 0 aliphatic heterocycles. The number of aryl methyl sites for hydroxylation is 1. The van der Waals surface area contributed by atoms with Gasteiger partial charge in [0, 0.05) is 11.3 Å². The molecule has 3 aromatic rings. The summed E-state index contributed by atoms with van der Waals surface area (Å²) in [6, 6.07) is 10.2. The molecular formula is C14H11ClFN5. The number of para-hydroxylation sites is 1. The molecule has 0 fully saturated rings. The zero-order chi connectivity index (χ0) is 15.0. The highest BCUT2D eigenvalue weighted by Gasteiger charge is 2.17. The largest absolute Gasteiger partial charge is 0.398 e. The third kappa shape index (κ3) is 2.23. The molecular weight excluding hydrogens is 293 g/mol. The van der Waals surface area contributed by atoms with Crippen molar-refractivity contribution in [2.75, 3.05) is 5.73 Å². The minimum atomic E-state index is -0.584. The second-order valence-corrected chi connectivity index (χ2v) is 4.93. The van der Waals surface area contributed by atoms with Crippen LogP contribution in [-0.4, -0.2) is 20.2 Å². The molecule has 0 saturated carbocycles. The maximum absolute atomic E-state index is 14.2. The van der Waals surface area contributed by atoms with Crippen molar-refractivity contribution in [1.29, 1.82) is 0 Å². The normalized spacial score (nSPS) is 10.8. The highest BCUT2D eigenvalue weighted by molar-refractivity contribution is 6.30. The Hall–Kier alpha value is -2.47. The minimum absolute atomic E-state index is 0.00571. The Balaban J connectivity index is 2.22. The van der Waals surface area contributed by atoms with Crippen molar-refractivity contribution in [1.82, 2.24) is 20.2 Å². The Morgan fingerprint density at radius 1 is 1.19 bits per heavy atom. The fourth-order valence-electron chi connectivity index (χ4n) is 2.05. The van der Waals surface area contributed by atoms with E-state index in [-0.39, 0.29) is 10.7 Å². The zero-order valence-corrected chi connectivity index (χ0v) is 11.8. The van der Waals surface area contributed by atoms with E-state index in [0.717, 1.165) is 5.56 Å². The van der Waals surface area contributed by atoms with Crippen molar-refractivity contribution in [3.05, 3.63) is 52.8 Å². The number of nitrogens with two attached hydrogens (primary N) is 1. The number of hydrogen-bond acceptors (Lipinski definition) is 4. The molecule has 7 heteroatoms. The average Bonchev–Trinajstić information content (AvgIpc) is 2.94. The lowest BCUT2D eigenvalue weighted by atomic mass is 10.1. The van der Waals surface area contributed by atoms with Crippen molar-refractivity contribution in [3.63, 3.8) is 0 Å². The highest BCUT2D eigenvalue weighted by atomic mass is 35.5. The standard InChI is InChI=1S/C14H11ClFN5/c1-8-4-2-5-9(13(8)17)14-18-19-20-21(14)11-7-3-6-10(15)12(11)16/h2-7H,17H2,1H3. The Morgan fingerprint density at radius 2 is 1.95 bits per heavy atom. The first kappa shape index (κ1) is 13.5. The van der Waals surface area contributed by atoms with Crippen LogP contribution in [0.2, 0.25) is 5.02 Å². The summed E-state index contributed by atoms with van der Waals surface area (Å²) in [4.78, 5) is 0. The Kier molecular flexibility index (Phi) is 3.31. The first-order chi connectivity index (χ1) is 10.1. The summed E-state index contributed by atoms with van der Waals surface area (Å²) in [5, 5.41) is 11.4. The van der Waals surface area contributed by atoms with E-state index < -0.39 is 5.82 Å². The lowest BCUT2D eigenvalue weighted by Crippen LogP contribution is -2.04. The molecule has 0 radical (unpaired) electrons. The van der Waals surface area contributed by atoms with E-state index >= 15 is 0 Å². The number of aromatic nitrogens is 4. The van der Waals surface area contributed by atoms with Crippen LogP contribution < -0.4 is 5.73 Å². The van der Waals surface area contributed by atoms with Crippen LogP contribution in [0.1, 0.15) is 5.56 Å². The Labute approximate surface area is 125 Å². The first-order valence-corrected chi connectivity index (χ1v) is 6.55. The van der Waals surface area contributed by atoms with Gasteiger partial charge >= 0.3 is 0 Å². The fraction of sp³-hybridized carbons (Fsp3) is 0.0714. The Bertz CT molecular complexity index is 749. The van der Waals surface area contributed by atoms with E-state index in [1.54, 1.807) is 18.2 Å². The molecule has 0 amide bonds. The maximum atomic E-state index is 14.2. The monoisotopic (exact) mass is 303 g/mol. The molecule has 0 aliphatic carbocycles. The fourth-order valence-corrected chi connectivity index (χ4v) is 2.22. The summed E-state index contributed by atoms with van der Waals surface area (Å²) in [6.45, 7) is 1.88. The second-order valence-electron chi connectivity index (χ2n) is 4.52. The zero-order valence-electron chi connectivity index (χ0n) is 11.1. The number of tetrazole rings is 1. The molecule has 21 heavy (non-hydrogen) atoms. The third-order valence-electron chi connectivity index (χ3n) is 3.19. The van der Waals surface area contributed by atoms with Crippen LogP contribution in [0, 0.1) is 12.7 Å². The van der Waals surface area contributed by atoms with Crippen LogP contribution in [0.3, 0.4) is 0 Å². The van der Waals surface area contributed by atoms with Gasteiger partial charge in [-0.2, -0.15) is 4.68 Å². The molecule has 0 bridgehead atoms. The molecule has 106 valence electrons. The van der Waals surface area contributed by atoms with E-state index in [2.05, 4.69) is 15.5 Å².